The molecule has 1 amide bonds. The summed E-state index contributed by atoms with van der Waals surface area (Å²) in [7, 11) is 0. The SMILES string of the molecule is Cc1cnn(-c2nc(N)c(C(=O)NCc3cccc4[nH]ccc34)nc2Cl)c1. The maximum Gasteiger partial charge on any atom is 0.274 e. The maximum absolute atomic E-state index is 12.5. The first-order valence-electron chi connectivity index (χ1n) is 8.21. The fraction of sp³-hybridized carbons (Fsp3) is 0.111. The third-order valence-electron chi connectivity index (χ3n) is 4.13. The van der Waals surface area contributed by atoms with Crippen LogP contribution in [0.3, 0.4) is 0 Å². The van der Waals surface area contributed by atoms with E-state index in [9.17, 15) is 4.79 Å². The number of rotatable bonds is 4. The summed E-state index contributed by atoms with van der Waals surface area (Å²) in [4.78, 5) is 24.0. The van der Waals surface area contributed by atoms with Crippen molar-refractivity contribution in [2.75, 3.05) is 5.73 Å². The van der Waals surface area contributed by atoms with Crippen LogP contribution in [0, 0.1) is 6.92 Å². The molecule has 0 unspecified atom stereocenters. The van der Waals surface area contributed by atoms with Gasteiger partial charge in [-0.2, -0.15) is 5.10 Å². The van der Waals surface area contributed by atoms with Crippen LogP contribution in [0.2, 0.25) is 5.15 Å². The summed E-state index contributed by atoms with van der Waals surface area (Å²) in [6.07, 6.45) is 5.26. The number of anilines is 1. The number of nitrogen functional groups attached to an aromatic ring is 1. The normalized spacial score (nSPS) is 11.0. The molecular formula is C18H16ClN7O. The van der Waals surface area contributed by atoms with Crippen LogP contribution < -0.4 is 11.1 Å². The molecule has 4 rings (SSSR count). The molecule has 0 bridgehead atoms. The summed E-state index contributed by atoms with van der Waals surface area (Å²) in [5.74, 6) is -0.187. The minimum Gasteiger partial charge on any atom is -0.382 e. The van der Waals surface area contributed by atoms with Gasteiger partial charge in [-0.3, -0.25) is 4.79 Å². The van der Waals surface area contributed by atoms with E-state index in [0.717, 1.165) is 22.0 Å². The second-order valence-corrected chi connectivity index (χ2v) is 6.43. The predicted molar refractivity (Wildman–Crippen MR) is 103 cm³/mol. The molecule has 27 heavy (non-hydrogen) atoms. The van der Waals surface area contributed by atoms with Crippen LogP contribution in [0.25, 0.3) is 16.7 Å². The summed E-state index contributed by atoms with van der Waals surface area (Å²) in [5.41, 5.74) is 8.83. The van der Waals surface area contributed by atoms with Gasteiger partial charge in [0.2, 0.25) is 0 Å². The summed E-state index contributed by atoms with van der Waals surface area (Å²) < 4.78 is 1.47. The number of hydrogen-bond acceptors (Lipinski definition) is 5. The summed E-state index contributed by atoms with van der Waals surface area (Å²) in [6, 6.07) is 7.80. The van der Waals surface area contributed by atoms with Crippen LogP contribution >= 0.6 is 11.6 Å². The average Bonchev–Trinajstić information content (AvgIpc) is 3.30. The van der Waals surface area contributed by atoms with Gasteiger partial charge in [-0.15, -0.1) is 0 Å². The molecule has 3 aromatic heterocycles. The van der Waals surface area contributed by atoms with Gasteiger partial charge in [0, 0.05) is 29.8 Å². The fourth-order valence-corrected chi connectivity index (χ4v) is 3.04. The Hall–Kier alpha value is -3.39. The van der Waals surface area contributed by atoms with Crippen molar-refractivity contribution in [1.82, 2.24) is 30.0 Å². The lowest BCUT2D eigenvalue weighted by atomic mass is 10.1. The maximum atomic E-state index is 12.5. The molecule has 136 valence electrons. The lowest BCUT2D eigenvalue weighted by Gasteiger charge is -2.10. The first kappa shape index (κ1) is 17.0. The van der Waals surface area contributed by atoms with Crippen molar-refractivity contribution < 1.29 is 4.79 Å². The number of carbonyl (C=O) groups excluding carboxylic acids is 1. The Labute approximate surface area is 159 Å². The van der Waals surface area contributed by atoms with Gasteiger partial charge in [-0.1, -0.05) is 23.7 Å². The fourth-order valence-electron chi connectivity index (χ4n) is 2.82. The number of H-pyrrole nitrogens is 1. The van der Waals surface area contributed by atoms with E-state index in [4.69, 9.17) is 17.3 Å². The molecule has 0 fully saturated rings. The molecule has 0 saturated carbocycles. The van der Waals surface area contributed by atoms with Crippen LogP contribution in [-0.2, 0) is 6.54 Å². The minimum absolute atomic E-state index is 0.0140. The molecular weight excluding hydrogens is 366 g/mol. The molecule has 0 saturated heterocycles. The van der Waals surface area contributed by atoms with Crippen LogP contribution in [0.15, 0.2) is 42.9 Å². The van der Waals surface area contributed by atoms with Gasteiger partial charge in [0.1, 0.15) is 0 Å². The number of halogens is 1. The quantitative estimate of drug-likeness (QED) is 0.502. The Balaban J connectivity index is 1.57. The largest absolute Gasteiger partial charge is 0.382 e. The van der Waals surface area contributed by atoms with Gasteiger partial charge in [0.05, 0.1) is 6.20 Å². The predicted octanol–water partition coefficient (Wildman–Crippen LogP) is 2.62. The number of fused-ring (bicyclic) bond motifs is 1. The monoisotopic (exact) mass is 381 g/mol. The second-order valence-electron chi connectivity index (χ2n) is 6.07. The van der Waals surface area contributed by atoms with Gasteiger partial charge >= 0.3 is 0 Å². The Morgan fingerprint density at radius 3 is 2.96 bits per heavy atom. The van der Waals surface area contributed by atoms with E-state index in [2.05, 4.69) is 25.4 Å². The highest BCUT2D eigenvalue weighted by atomic mass is 35.5. The summed E-state index contributed by atoms with van der Waals surface area (Å²) in [6.45, 7) is 2.22. The molecule has 0 atom stereocenters. The molecule has 0 spiro atoms. The number of carbonyl (C=O) groups is 1. The van der Waals surface area contributed by atoms with Gasteiger partial charge in [-0.25, -0.2) is 14.6 Å². The van der Waals surface area contributed by atoms with Crippen LogP contribution in [0.4, 0.5) is 5.82 Å². The number of aromatic nitrogens is 5. The zero-order valence-corrected chi connectivity index (χ0v) is 15.2. The van der Waals surface area contributed by atoms with E-state index in [0.29, 0.717) is 6.54 Å². The molecule has 9 heteroatoms. The van der Waals surface area contributed by atoms with Crippen molar-refractivity contribution in [3.8, 4) is 5.82 Å². The number of aromatic amines is 1. The van der Waals surface area contributed by atoms with Crippen molar-refractivity contribution in [2.24, 2.45) is 0 Å². The third kappa shape index (κ3) is 3.22. The molecule has 3 heterocycles. The number of nitrogens with two attached hydrogens (primary N) is 1. The van der Waals surface area contributed by atoms with Crippen molar-refractivity contribution in [3.05, 3.63) is 64.8 Å². The number of amides is 1. The highest BCUT2D eigenvalue weighted by Crippen LogP contribution is 2.20. The minimum atomic E-state index is -0.447. The van der Waals surface area contributed by atoms with E-state index in [1.165, 1.54) is 4.68 Å². The first-order valence-corrected chi connectivity index (χ1v) is 8.58. The molecule has 4 N–H and O–H groups in total. The van der Waals surface area contributed by atoms with Crippen LogP contribution in [-0.4, -0.2) is 30.6 Å². The number of nitrogens with zero attached hydrogens (tertiary/aromatic N) is 4. The van der Waals surface area contributed by atoms with Crippen molar-refractivity contribution in [3.63, 3.8) is 0 Å². The van der Waals surface area contributed by atoms with Gasteiger partial charge in [-0.05, 0) is 30.2 Å². The zero-order chi connectivity index (χ0) is 19.0. The number of benzene rings is 1. The Morgan fingerprint density at radius 2 is 2.19 bits per heavy atom. The topological polar surface area (TPSA) is 115 Å². The summed E-state index contributed by atoms with van der Waals surface area (Å²) >= 11 is 6.20. The van der Waals surface area contributed by atoms with Crippen molar-refractivity contribution in [2.45, 2.75) is 13.5 Å². The average molecular weight is 382 g/mol. The van der Waals surface area contributed by atoms with E-state index in [1.807, 2.05) is 37.4 Å². The van der Waals surface area contributed by atoms with Gasteiger partial charge in [0.25, 0.3) is 5.91 Å². The molecule has 1 aromatic carbocycles. The van der Waals surface area contributed by atoms with E-state index >= 15 is 0 Å². The van der Waals surface area contributed by atoms with Crippen molar-refractivity contribution >= 4 is 34.2 Å². The zero-order valence-electron chi connectivity index (χ0n) is 14.4. The molecule has 0 radical (unpaired) electrons. The highest BCUT2D eigenvalue weighted by molar-refractivity contribution is 6.31. The standard InChI is InChI=1S/C18H16ClN7O/c1-10-7-23-26(9-10)17-15(19)24-14(16(20)25-17)18(27)22-8-11-3-2-4-13-12(11)5-6-21-13/h2-7,9,21H,8H2,1H3,(H2,20,25)(H,22,27). The number of nitrogens with one attached hydrogen (secondary N) is 2. The van der Waals surface area contributed by atoms with E-state index in [1.54, 1.807) is 12.4 Å². The van der Waals surface area contributed by atoms with E-state index in [-0.39, 0.29) is 22.5 Å². The van der Waals surface area contributed by atoms with Crippen molar-refractivity contribution in [1.29, 1.82) is 0 Å². The number of hydrogen-bond donors (Lipinski definition) is 3. The molecule has 4 aromatic rings. The van der Waals surface area contributed by atoms with E-state index < -0.39 is 5.91 Å². The molecule has 0 aliphatic rings. The Kier molecular flexibility index (Phi) is 4.25. The first-order chi connectivity index (χ1) is 13.0. The Morgan fingerprint density at radius 1 is 1.33 bits per heavy atom. The Bertz CT molecular complexity index is 1150. The lowest BCUT2D eigenvalue weighted by Crippen LogP contribution is -2.26. The molecule has 0 aliphatic heterocycles. The summed E-state index contributed by atoms with van der Waals surface area (Å²) in [5, 5.41) is 8.03. The van der Waals surface area contributed by atoms with Crippen LogP contribution in [0.1, 0.15) is 21.6 Å². The molecule has 0 aliphatic carbocycles. The van der Waals surface area contributed by atoms with Gasteiger partial charge < -0.3 is 16.0 Å². The lowest BCUT2D eigenvalue weighted by molar-refractivity contribution is 0.0946. The second kappa shape index (κ2) is 6.73. The smallest absolute Gasteiger partial charge is 0.274 e. The van der Waals surface area contributed by atoms with Gasteiger partial charge in [0.15, 0.2) is 22.5 Å². The highest BCUT2D eigenvalue weighted by Gasteiger charge is 2.18. The third-order valence-corrected chi connectivity index (χ3v) is 4.39. The van der Waals surface area contributed by atoms with Crippen LogP contribution in [0.5, 0.6) is 0 Å². The number of aryl methyl sites for hydroxylation is 1. The molecule has 8 nitrogen and oxygen atoms in total.